The van der Waals surface area contributed by atoms with Crippen LogP contribution in [0.4, 0.5) is 4.79 Å². The number of alkyl carbamates (subject to hydrolysis) is 1. The van der Waals surface area contributed by atoms with Crippen LogP contribution in [0.1, 0.15) is 64.4 Å². The molecule has 0 spiro atoms. The maximum Gasteiger partial charge on any atom is 0.407 e. The number of hydroxylamine groups is 2. The monoisotopic (exact) mass is 512 g/mol. The summed E-state index contributed by atoms with van der Waals surface area (Å²) in [7, 11) is 0. The van der Waals surface area contributed by atoms with Crippen LogP contribution in [0.15, 0.2) is 72.8 Å². The highest BCUT2D eigenvalue weighted by Gasteiger charge is 2.39. The summed E-state index contributed by atoms with van der Waals surface area (Å²) in [5.41, 5.74) is 4.83. The molecule has 0 bridgehead atoms. The van der Waals surface area contributed by atoms with E-state index in [2.05, 4.69) is 17.4 Å². The molecule has 0 aromatic heterocycles. The van der Waals surface area contributed by atoms with Crippen molar-refractivity contribution in [1.82, 2.24) is 10.4 Å². The van der Waals surface area contributed by atoms with Gasteiger partial charge in [-0.2, -0.15) is 0 Å². The Bertz CT molecular complexity index is 1330. The SMILES string of the molecule is CC(C)C[C@@H](CC(=O)ON1C(=O)c2ccccc2C1=O)NC(=O)OCC1c2ccccc2-c2ccccc21. The van der Waals surface area contributed by atoms with Crippen LogP contribution in [-0.4, -0.2) is 41.6 Å². The third kappa shape index (κ3) is 4.89. The molecule has 1 N–H and O–H groups in total. The number of imide groups is 1. The van der Waals surface area contributed by atoms with E-state index < -0.39 is 29.9 Å². The third-order valence-corrected chi connectivity index (χ3v) is 6.78. The molecule has 1 aliphatic carbocycles. The van der Waals surface area contributed by atoms with Gasteiger partial charge in [-0.15, -0.1) is 0 Å². The quantitative estimate of drug-likeness (QED) is 0.422. The predicted octanol–water partition coefficient (Wildman–Crippen LogP) is 5.08. The minimum absolute atomic E-state index is 0.0875. The maximum atomic E-state index is 12.8. The number of amides is 3. The van der Waals surface area contributed by atoms with Crippen LogP contribution in [-0.2, 0) is 14.4 Å². The fraction of sp³-hybridized carbons (Fsp3) is 0.267. The third-order valence-electron chi connectivity index (χ3n) is 6.78. The lowest BCUT2D eigenvalue weighted by Gasteiger charge is -2.21. The standard InChI is InChI=1S/C30H28N2O6/c1-18(2)15-19(16-27(33)38-32-28(34)24-13-7-8-14-25(24)29(32)35)31-30(36)37-17-26-22-11-5-3-9-20(22)21-10-4-6-12-23(21)26/h3-14,18-19,26H,15-17H2,1-2H3,(H,31,36)/t19-/m0/s1. The summed E-state index contributed by atoms with van der Waals surface area (Å²) >= 11 is 0. The van der Waals surface area contributed by atoms with Crippen molar-refractivity contribution in [3.63, 3.8) is 0 Å². The molecule has 0 unspecified atom stereocenters. The van der Waals surface area contributed by atoms with Gasteiger partial charge in [-0.1, -0.05) is 79.6 Å². The Balaban J connectivity index is 1.20. The maximum absolute atomic E-state index is 12.8. The van der Waals surface area contributed by atoms with E-state index in [0.29, 0.717) is 11.5 Å². The number of ether oxygens (including phenoxy) is 1. The fourth-order valence-electron chi connectivity index (χ4n) is 5.16. The second-order valence-electron chi connectivity index (χ2n) is 9.91. The summed E-state index contributed by atoms with van der Waals surface area (Å²) in [6, 6.07) is 21.8. The molecule has 0 fully saturated rings. The van der Waals surface area contributed by atoms with E-state index in [1.165, 1.54) is 12.1 Å². The second kappa shape index (κ2) is 10.5. The molecule has 8 nitrogen and oxygen atoms in total. The van der Waals surface area contributed by atoms with Gasteiger partial charge in [0.05, 0.1) is 17.5 Å². The van der Waals surface area contributed by atoms with Gasteiger partial charge in [0.2, 0.25) is 0 Å². The van der Waals surface area contributed by atoms with E-state index in [1.54, 1.807) is 12.1 Å². The van der Waals surface area contributed by atoms with Crippen molar-refractivity contribution in [3.8, 4) is 11.1 Å². The van der Waals surface area contributed by atoms with E-state index in [1.807, 2.05) is 50.2 Å². The average molecular weight is 513 g/mol. The van der Waals surface area contributed by atoms with Crippen LogP contribution in [0, 0.1) is 5.92 Å². The van der Waals surface area contributed by atoms with E-state index in [4.69, 9.17) is 9.57 Å². The van der Waals surface area contributed by atoms with E-state index in [0.717, 1.165) is 22.3 Å². The Morgan fingerprint density at radius 2 is 1.32 bits per heavy atom. The molecular weight excluding hydrogens is 484 g/mol. The van der Waals surface area contributed by atoms with Crippen molar-refractivity contribution >= 4 is 23.9 Å². The molecule has 8 heteroatoms. The number of hydrogen-bond donors (Lipinski definition) is 1. The van der Waals surface area contributed by atoms with E-state index in [9.17, 15) is 19.2 Å². The molecule has 0 radical (unpaired) electrons. The van der Waals surface area contributed by atoms with Crippen LogP contribution in [0.25, 0.3) is 11.1 Å². The van der Waals surface area contributed by atoms with Crippen molar-refractivity contribution in [3.05, 3.63) is 95.1 Å². The van der Waals surface area contributed by atoms with Crippen molar-refractivity contribution in [2.24, 2.45) is 5.92 Å². The average Bonchev–Trinajstić information content (AvgIpc) is 3.34. The van der Waals surface area contributed by atoms with Crippen molar-refractivity contribution in [1.29, 1.82) is 0 Å². The first-order chi connectivity index (χ1) is 18.3. The van der Waals surface area contributed by atoms with E-state index >= 15 is 0 Å². The molecule has 194 valence electrons. The Labute approximate surface area is 220 Å². The normalized spacial score (nSPS) is 14.7. The number of hydrogen-bond acceptors (Lipinski definition) is 6. The first kappa shape index (κ1) is 25.2. The van der Waals surface area contributed by atoms with Gasteiger partial charge in [-0.05, 0) is 46.7 Å². The van der Waals surface area contributed by atoms with Crippen LogP contribution < -0.4 is 5.32 Å². The van der Waals surface area contributed by atoms with Crippen molar-refractivity contribution in [2.45, 2.75) is 38.6 Å². The number of benzene rings is 3. The smallest absolute Gasteiger partial charge is 0.407 e. The number of carbonyl (C=O) groups excluding carboxylic acids is 4. The second-order valence-corrected chi connectivity index (χ2v) is 9.91. The Kier molecular flexibility index (Phi) is 6.96. The zero-order chi connectivity index (χ0) is 26.8. The molecule has 0 saturated carbocycles. The first-order valence-corrected chi connectivity index (χ1v) is 12.6. The molecule has 2 aliphatic rings. The Morgan fingerprint density at radius 1 is 0.816 bits per heavy atom. The minimum Gasteiger partial charge on any atom is -0.449 e. The molecule has 38 heavy (non-hydrogen) atoms. The van der Waals surface area contributed by atoms with Gasteiger partial charge in [0, 0.05) is 12.0 Å². The predicted molar refractivity (Wildman–Crippen MR) is 139 cm³/mol. The molecular formula is C30H28N2O6. The van der Waals surface area contributed by atoms with Gasteiger partial charge in [0.25, 0.3) is 11.8 Å². The molecule has 3 aromatic rings. The lowest BCUT2D eigenvalue weighted by Crippen LogP contribution is -2.40. The van der Waals surface area contributed by atoms with Crippen molar-refractivity contribution in [2.75, 3.05) is 6.61 Å². The highest BCUT2D eigenvalue weighted by atomic mass is 16.7. The topological polar surface area (TPSA) is 102 Å². The van der Waals surface area contributed by atoms with Gasteiger partial charge < -0.3 is 14.9 Å². The summed E-state index contributed by atoms with van der Waals surface area (Å²) in [4.78, 5) is 55.6. The summed E-state index contributed by atoms with van der Waals surface area (Å²) in [6.45, 7) is 4.07. The molecule has 0 saturated heterocycles. The number of nitrogens with zero attached hydrogens (tertiary/aromatic N) is 1. The van der Waals surface area contributed by atoms with Gasteiger partial charge >= 0.3 is 12.1 Å². The van der Waals surface area contributed by atoms with Crippen LogP contribution >= 0.6 is 0 Å². The van der Waals surface area contributed by atoms with Gasteiger partial charge in [-0.3, -0.25) is 9.59 Å². The summed E-state index contributed by atoms with van der Waals surface area (Å²) in [6.07, 6.45) is -0.400. The molecule has 5 rings (SSSR count). The molecule has 1 heterocycles. The lowest BCUT2D eigenvalue weighted by atomic mass is 9.98. The highest BCUT2D eigenvalue weighted by Crippen LogP contribution is 2.44. The lowest BCUT2D eigenvalue weighted by molar-refractivity contribution is -0.169. The largest absolute Gasteiger partial charge is 0.449 e. The van der Waals surface area contributed by atoms with Gasteiger partial charge in [0.15, 0.2) is 0 Å². The van der Waals surface area contributed by atoms with Gasteiger partial charge in [-0.25, -0.2) is 9.59 Å². The number of carbonyl (C=O) groups is 4. The molecule has 1 aliphatic heterocycles. The fourth-order valence-corrected chi connectivity index (χ4v) is 5.16. The molecule has 3 aromatic carbocycles. The van der Waals surface area contributed by atoms with E-state index in [-0.39, 0.29) is 36.0 Å². The summed E-state index contributed by atoms with van der Waals surface area (Å²) in [5.74, 6) is -2.12. The number of fused-ring (bicyclic) bond motifs is 4. The van der Waals surface area contributed by atoms with Gasteiger partial charge in [0.1, 0.15) is 6.61 Å². The zero-order valence-electron chi connectivity index (χ0n) is 21.2. The Morgan fingerprint density at radius 3 is 1.84 bits per heavy atom. The number of nitrogens with one attached hydrogen (secondary N) is 1. The Hall–Kier alpha value is -4.46. The molecule has 1 atom stereocenters. The summed E-state index contributed by atoms with van der Waals surface area (Å²) in [5, 5.41) is 3.24. The molecule has 3 amide bonds. The van der Waals surface area contributed by atoms with Crippen molar-refractivity contribution < 1.29 is 28.8 Å². The highest BCUT2D eigenvalue weighted by molar-refractivity contribution is 6.20. The first-order valence-electron chi connectivity index (χ1n) is 12.6. The zero-order valence-corrected chi connectivity index (χ0v) is 21.2. The minimum atomic E-state index is -0.802. The summed E-state index contributed by atoms with van der Waals surface area (Å²) < 4.78 is 5.62. The number of rotatable bonds is 8. The van der Waals surface area contributed by atoms with Crippen LogP contribution in [0.2, 0.25) is 0 Å². The van der Waals surface area contributed by atoms with Crippen LogP contribution in [0.5, 0.6) is 0 Å². The van der Waals surface area contributed by atoms with Crippen LogP contribution in [0.3, 0.4) is 0 Å².